The largest absolute Gasteiger partial charge is 0.453 e. The maximum Gasteiger partial charge on any atom is 0.223 e. The third kappa shape index (κ3) is 3.93. The van der Waals surface area contributed by atoms with Crippen LogP contribution in [-0.2, 0) is 4.74 Å². The second-order valence-electron chi connectivity index (χ2n) is 4.68. The third-order valence-electron chi connectivity index (χ3n) is 3.08. The molecular weight excluding hydrogens is 240 g/mol. The van der Waals surface area contributed by atoms with Crippen molar-refractivity contribution in [2.45, 2.75) is 32.6 Å². The number of hydrogen-bond donors (Lipinski definition) is 0. The van der Waals surface area contributed by atoms with Gasteiger partial charge >= 0.3 is 0 Å². The summed E-state index contributed by atoms with van der Waals surface area (Å²) < 4.78 is 10.9. The van der Waals surface area contributed by atoms with E-state index in [0.29, 0.717) is 12.4 Å². The molecule has 19 heavy (non-hydrogen) atoms. The summed E-state index contributed by atoms with van der Waals surface area (Å²) in [5.41, 5.74) is 0.744. The molecule has 0 fully saturated rings. The molecule has 0 aliphatic heterocycles. The Kier molecular flexibility index (Phi) is 5.16. The van der Waals surface area contributed by atoms with E-state index in [9.17, 15) is 4.79 Å². The molecule has 0 N–H and O–H groups in total. The van der Waals surface area contributed by atoms with E-state index in [1.807, 2.05) is 24.3 Å². The highest BCUT2D eigenvalue weighted by molar-refractivity contribution is 5.98. The van der Waals surface area contributed by atoms with Crippen LogP contribution in [0.4, 0.5) is 0 Å². The molecule has 0 saturated carbocycles. The van der Waals surface area contributed by atoms with Crippen LogP contribution in [0.3, 0.4) is 0 Å². The highest BCUT2D eigenvalue weighted by Gasteiger charge is 2.11. The van der Waals surface area contributed by atoms with Crippen LogP contribution in [0, 0.1) is 0 Å². The molecule has 3 heteroatoms. The minimum absolute atomic E-state index is 0.0910. The first-order chi connectivity index (χ1) is 9.31. The van der Waals surface area contributed by atoms with Crippen LogP contribution in [0.25, 0.3) is 11.0 Å². The summed E-state index contributed by atoms with van der Waals surface area (Å²) in [5, 5.41) is 0.953. The van der Waals surface area contributed by atoms with Gasteiger partial charge in [-0.15, -0.1) is 0 Å². The number of carbonyl (C=O) groups excluding carboxylic acids is 1. The standard InChI is InChI=1S/C16H20O3/c1-2-3-4-7-10-18-12-14(17)16-11-13-8-5-6-9-15(13)19-16/h5-6,8-9,11H,2-4,7,10,12H2,1H3. The van der Waals surface area contributed by atoms with Crippen molar-refractivity contribution in [2.24, 2.45) is 0 Å². The van der Waals surface area contributed by atoms with E-state index in [0.717, 1.165) is 23.8 Å². The molecule has 0 amide bonds. The zero-order valence-corrected chi connectivity index (χ0v) is 11.4. The van der Waals surface area contributed by atoms with Gasteiger partial charge in [0.25, 0.3) is 0 Å². The number of carbonyl (C=O) groups is 1. The normalized spacial score (nSPS) is 11.0. The molecule has 0 spiro atoms. The topological polar surface area (TPSA) is 39.4 Å². The van der Waals surface area contributed by atoms with Crippen LogP contribution in [0.5, 0.6) is 0 Å². The summed E-state index contributed by atoms with van der Waals surface area (Å²) in [6.45, 7) is 2.92. The summed E-state index contributed by atoms with van der Waals surface area (Å²) in [4.78, 5) is 11.9. The third-order valence-corrected chi connectivity index (χ3v) is 3.08. The van der Waals surface area contributed by atoms with E-state index < -0.39 is 0 Å². The second-order valence-corrected chi connectivity index (χ2v) is 4.68. The van der Waals surface area contributed by atoms with Gasteiger partial charge in [0, 0.05) is 12.0 Å². The molecular formula is C16H20O3. The molecule has 0 aliphatic carbocycles. The highest BCUT2D eigenvalue weighted by Crippen LogP contribution is 2.19. The van der Waals surface area contributed by atoms with E-state index in [2.05, 4.69) is 6.92 Å². The minimum atomic E-state index is -0.0910. The predicted molar refractivity (Wildman–Crippen MR) is 75.5 cm³/mol. The number of benzene rings is 1. The average Bonchev–Trinajstić information content (AvgIpc) is 2.86. The monoisotopic (exact) mass is 260 g/mol. The van der Waals surface area contributed by atoms with Crippen LogP contribution >= 0.6 is 0 Å². The smallest absolute Gasteiger partial charge is 0.223 e. The maximum atomic E-state index is 11.9. The Bertz CT molecular complexity index is 495. The van der Waals surface area contributed by atoms with Crippen molar-refractivity contribution in [3.8, 4) is 0 Å². The molecule has 0 atom stereocenters. The van der Waals surface area contributed by atoms with E-state index in [1.54, 1.807) is 6.07 Å². The van der Waals surface area contributed by atoms with Gasteiger partial charge in [0.05, 0.1) is 0 Å². The first-order valence-corrected chi connectivity index (χ1v) is 6.91. The van der Waals surface area contributed by atoms with Crippen molar-refractivity contribution in [2.75, 3.05) is 13.2 Å². The van der Waals surface area contributed by atoms with E-state index >= 15 is 0 Å². The van der Waals surface area contributed by atoms with Crippen molar-refractivity contribution >= 4 is 16.8 Å². The number of fused-ring (bicyclic) bond motifs is 1. The van der Waals surface area contributed by atoms with Crippen LogP contribution in [-0.4, -0.2) is 19.0 Å². The van der Waals surface area contributed by atoms with Gasteiger partial charge in [0.2, 0.25) is 5.78 Å². The Morgan fingerprint density at radius 2 is 2.05 bits per heavy atom. The molecule has 3 nitrogen and oxygen atoms in total. The maximum absolute atomic E-state index is 11.9. The van der Waals surface area contributed by atoms with Gasteiger partial charge in [-0.2, -0.15) is 0 Å². The Balaban J connectivity index is 1.79. The zero-order valence-electron chi connectivity index (χ0n) is 11.4. The number of furan rings is 1. The fourth-order valence-electron chi connectivity index (χ4n) is 1.99. The molecule has 0 saturated heterocycles. The fraction of sp³-hybridized carbons (Fsp3) is 0.438. The molecule has 0 unspecified atom stereocenters. The quantitative estimate of drug-likeness (QED) is 0.527. The molecule has 0 radical (unpaired) electrons. The first-order valence-electron chi connectivity index (χ1n) is 6.91. The molecule has 1 aromatic heterocycles. The summed E-state index contributed by atoms with van der Waals surface area (Å²) in [6, 6.07) is 9.39. The molecule has 0 aliphatic rings. The Hall–Kier alpha value is -1.61. The Labute approximate surface area is 113 Å². The van der Waals surface area contributed by atoms with Crippen LogP contribution in [0.2, 0.25) is 0 Å². The molecule has 0 bridgehead atoms. The highest BCUT2D eigenvalue weighted by atomic mass is 16.5. The number of rotatable bonds is 8. The van der Waals surface area contributed by atoms with Crippen LogP contribution in [0.15, 0.2) is 34.7 Å². The summed E-state index contributed by atoms with van der Waals surface area (Å²) in [7, 11) is 0. The van der Waals surface area contributed by atoms with Crippen molar-refractivity contribution < 1.29 is 13.9 Å². The van der Waals surface area contributed by atoms with Gasteiger partial charge in [-0.05, 0) is 18.6 Å². The number of unbranched alkanes of at least 4 members (excludes halogenated alkanes) is 3. The molecule has 1 heterocycles. The SMILES string of the molecule is CCCCCCOCC(=O)c1cc2ccccc2o1. The van der Waals surface area contributed by atoms with Gasteiger partial charge in [-0.1, -0.05) is 44.4 Å². The van der Waals surface area contributed by atoms with Crippen LogP contribution in [0.1, 0.15) is 43.2 Å². The van der Waals surface area contributed by atoms with Gasteiger partial charge in [0.1, 0.15) is 12.2 Å². The van der Waals surface area contributed by atoms with Gasteiger partial charge < -0.3 is 9.15 Å². The number of Topliss-reactive ketones (excluding diaryl/α,β-unsaturated/α-hetero) is 1. The molecule has 102 valence electrons. The van der Waals surface area contributed by atoms with Gasteiger partial charge in [-0.3, -0.25) is 4.79 Å². The lowest BCUT2D eigenvalue weighted by atomic mass is 10.2. The lowest BCUT2D eigenvalue weighted by Crippen LogP contribution is -2.08. The zero-order chi connectivity index (χ0) is 13.5. The average molecular weight is 260 g/mol. The van der Waals surface area contributed by atoms with Gasteiger partial charge in [0.15, 0.2) is 5.76 Å². The Morgan fingerprint density at radius 3 is 2.84 bits per heavy atom. The van der Waals surface area contributed by atoms with Crippen molar-refractivity contribution in [3.05, 3.63) is 36.1 Å². The van der Waals surface area contributed by atoms with E-state index in [4.69, 9.17) is 9.15 Å². The van der Waals surface area contributed by atoms with Gasteiger partial charge in [-0.25, -0.2) is 0 Å². The minimum Gasteiger partial charge on any atom is -0.453 e. The van der Waals surface area contributed by atoms with E-state index in [1.165, 1.54) is 12.8 Å². The Morgan fingerprint density at radius 1 is 1.21 bits per heavy atom. The number of para-hydroxylation sites is 1. The lowest BCUT2D eigenvalue weighted by Gasteiger charge is -2.01. The lowest BCUT2D eigenvalue weighted by molar-refractivity contribution is 0.0728. The van der Waals surface area contributed by atoms with Crippen molar-refractivity contribution in [1.29, 1.82) is 0 Å². The van der Waals surface area contributed by atoms with Crippen molar-refractivity contribution in [1.82, 2.24) is 0 Å². The summed E-state index contributed by atoms with van der Waals surface area (Å²) in [5.74, 6) is 0.293. The number of ketones is 1. The van der Waals surface area contributed by atoms with Crippen LogP contribution < -0.4 is 0 Å². The summed E-state index contributed by atoms with van der Waals surface area (Å²) in [6.07, 6.45) is 4.61. The second kappa shape index (κ2) is 7.10. The predicted octanol–water partition coefficient (Wildman–Crippen LogP) is 4.21. The number of ether oxygens (including phenoxy) is 1. The first kappa shape index (κ1) is 13.8. The van der Waals surface area contributed by atoms with E-state index in [-0.39, 0.29) is 12.4 Å². The number of hydrogen-bond acceptors (Lipinski definition) is 3. The molecule has 2 aromatic rings. The fourth-order valence-corrected chi connectivity index (χ4v) is 1.99. The molecule has 1 aromatic carbocycles. The summed E-state index contributed by atoms with van der Waals surface area (Å²) >= 11 is 0. The van der Waals surface area contributed by atoms with Crippen molar-refractivity contribution in [3.63, 3.8) is 0 Å². The molecule has 2 rings (SSSR count).